The molecule has 0 saturated heterocycles. The summed E-state index contributed by atoms with van der Waals surface area (Å²) in [6.45, 7) is 2.74. The molecule has 0 fully saturated rings. The van der Waals surface area contributed by atoms with Crippen molar-refractivity contribution in [2.24, 2.45) is 0 Å². The highest BCUT2D eigenvalue weighted by molar-refractivity contribution is 5.74. The third-order valence-corrected chi connectivity index (χ3v) is 3.10. The van der Waals surface area contributed by atoms with Crippen molar-refractivity contribution in [1.29, 1.82) is 0 Å². The van der Waals surface area contributed by atoms with Crippen molar-refractivity contribution in [1.82, 2.24) is 0 Å². The first-order chi connectivity index (χ1) is 9.27. The number of hydrogen-bond donors (Lipinski definition) is 0. The highest BCUT2D eigenvalue weighted by Crippen LogP contribution is 2.18. The molecule has 0 aliphatic rings. The number of aldehydes is 1. The summed E-state index contributed by atoms with van der Waals surface area (Å²) >= 11 is 0. The number of unbranched alkanes of at least 4 members (excludes halogenated alkanes) is 6. The normalized spacial score (nSPS) is 10.4. The number of carbonyl (C=O) groups excluding carboxylic acids is 1. The number of carbonyl (C=O) groups is 1. The van der Waals surface area contributed by atoms with Gasteiger partial charge in [-0.1, -0.05) is 45.4 Å². The van der Waals surface area contributed by atoms with Gasteiger partial charge in [0, 0.05) is 5.56 Å². The molecule has 0 heterocycles. The summed E-state index contributed by atoms with van der Waals surface area (Å²) in [7, 11) is 0. The van der Waals surface area contributed by atoms with Gasteiger partial charge in [-0.25, -0.2) is 4.39 Å². The molecule has 1 aromatic rings. The van der Waals surface area contributed by atoms with E-state index in [1.807, 2.05) is 0 Å². The second-order valence-corrected chi connectivity index (χ2v) is 4.78. The zero-order chi connectivity index (χ0) is 13.9. The van der Waals surface area contributed by atoms with Gasteiger partial charge < -0.3 is 4.74 Å². The van der Waals surface area contributed by atoms with Crippen LogP contribution in [0, 0.1) is 5.82 Å². The molecule has 0 bridgehead atoms. The van der Waals surface area contributed by atoms with Gasteiger partial charge in [-0.2, -0.15) is 0 Å². The molecule has 0 N–H and O–H groups in total. The third kappa shape index (κ3) is 6.37. The fraction of sp³-hybridized carbons (Fsp3) is 0.562. The summed E-state index contributed by atoms with van der Waals surface area (Å²) in [4.78, 5) is 10.5. The molecule has 0 radical (unpaired) electrons. The van der Waals surface area contributed by atoms with Crippen LogP contribution in [-0.2, 0) is 0 Å². The van der Waals surface area contributed by atoms with Gasteiger partial charge in [0.2, 0.25) is 0 Å². The number of ether oxygens (including phenoxy) is 1. The Balaban J connectivity index is 2.14. The lowest BCUT2D eigenvalue weighted by atomic mass is 10.1. The maximum Gasteiger partial charge on any atom is 0.165 e. The van der Waals surface area contributed by atoms with Gasteiger partial charge in [0.25, 0.3) is 0 Å². The van der Waals surface area contributed by atoms with Crippen molar-refractivity contribution in [3.8, 4) is 5.75 Å². The molecule has 0 aliphatic heterocycles. The molecule has 0 aromatic heterocycles. The minimum atomic E-state index is -0.465. The lowest BCUT2D eigenvalue weighted by molar-refractivity contribution is 0.112. The van der Waals surface area contributed by atoms with Gasteiger partial charge in [-0.05, 0) is 24.6 Å². The van der Waals surface area contributed by atoms with Crippen LogP contribution in [0.3, 0.4) is 0 Å². The summed E-state index contributed by atoms with van der Waals surface area (Å²) in [6, 6.07) is 4.28. The largest absolute Gasteiger partial charge is 0.491 e. The average molecular weight is 266 g/mol. The van der Waals surface area contributed by atoms with E-state index in [0.29, 0.717) is 18.5 Å². The Morgan fingerprint density at radius 3 is 2.42 bits per heavy atom. The Labute approximate surface area is 115 Å². The second kappa shape index (κ2) is 9.54. The Kier molecular flexibility index (Phi) is 7.87. The molecule has 0 aliphatic carbocycles. The quantitative estimate of drug-likeness (QED) is 0.450. The van der Waals surface area contributed by atoms with Crippen molar-refractivity contribution in [2.45, 2.75) is 51.9 Å². The maximum absolute atomic E-state index is 13.5. The van der Waals surface area contributed by atoms with Crippen molar-refractivity contribution in [3.05, 3.63) is 29.6 Å². The van der Waals surface area contributed by atoms with Crippen LogP contribution in [0.5, 0.6) is 5.75 Å². The van der Waals surface area contributed by atoms with Crippen molar-refractivity contribution in [3.63, 3.8) is 0 Å². The van der Waals surface area contributed by atoms with Crippen LogP contribution in [0.4, 0.5) is 4.39 Å². The van der Waals surface area contributed by atoms with E-state index in [1.54, 1.807) is 6.07 Å². The predicted octanol–water partition coefficient (Wildman–Crippen LogP) is 4.77. The number of hydrogen-bond acceptors (Lipinski definition) is 2. The fourth-order valence-electron chi connectivity index (χ4n) is 1.95. The van der Waals surface area contributed by atoms with Crippen molar-refractivity contribution in [2.75, 3.05) is 6.61 Å². The summed E-state index contributed by atoms with van der Waals surface area (Å²) < 4.78 is 18.8. The number of benzene rings is 1. The van der Waals surface area contributed by atoms with Crippen LogP contribution in [0.25, 0.3) is 0 Å². The minimum Gasteiger partial charge on any atom is -0.491 e. The first-order valence-corrected chi connectivity index (χ1v) is 7.15. The molecule has 0 unspecified atom stereocenters. The van der Waals surface area contributed by atoms with Crippen LogP contribution < -0.4 is 4.74 Å². The van der Waals surface area contributed by atoms with E-state index in [-0.39, 0.29) is 5.75 Å². The minimum absolute atomic E-state index is 0.233. The van der Waals surface area contributed by atoms with Crippen LogP contribution in [0.15, 0.2) is 18.2 Å². The summed E-state index contributed by atoms with van der Waals surface area (Å²) in [6.07, 6.45) is 9.07. The molecular formula is C16H23FO2. The van der Waals surface area contributed by atoms with Crippen LogP contribution in [0.1, 0.15) is 62.2 Å². The lowest BCUT2D eigenvalue weighted by Gasteiger charge is -2.07. The first-order valence-electron chi connectivity index (χ1n) is 7.15. The molecule has 106 valence electrons. The predicted molar refractivity (Wildman–Crippen MR) is 75.3 cm³/mol. The summed E-state index contributed by atoms with van der Waals surface area (Å²) in [5.41, 5.74) is 0.334. The molecule has 1 rings (SSSR count). The molecule has 0 spiro atoms. The van der Waals surface area contributed by atoms with Gasteiger partial charge in [0.15, 0.2) is 11.6 Å². The molecular weight excluding hydrogens is 243 g/mol. The van der Waals surface area contributed by atoms with Gasteiger partial charge >= 0.3 is 0 Å². The maximum atomic E-state index is 13.5. The van der Waals surface area contributed by atoms with Crippen LogP contribution in [-0.4, -0.2) is 12.9 Å². The zero-order valence-electron chi connectivity index (χ0n) is 11.7. The monoisotopic (exact) mass is 266 g/mol. The highest BCUT2D eigenvalue weighted by Gasteiger charge is 2.04. The Morgan fingerprint density at radius 2 is 1.79 bits per heavy atom. The van der Waals surface area contributed by atoms with E-state index in [4.69, 9.17) is 4.74 Å². The number of halogens is 1. The summed E-state index contributed by atoms with van der Waals surface area (Å²) in [5, 5.41) is 0. The second-order valence-electron chi connectivity index (χ2n) is 4.78. The van der Waals surface area contributed by atoms with E-state index < -0.39 is 5.82 Å². The van der Waals surface area contributed by atoms with Gasteiger partial charge in [0.05, 0.1) is 6.61 Å². The fourth-order valence-corrected chi connectivity index (χ4v) is 1.95. The van der Waals surface area contributed by atoms with Gasteiger partial charge in [-0.15, -0.1) is 0 Å². The molecule has 0 amide bonds. The molecule has 0 atom stereocenters. The van der Waals surface area contributed by atoms with Crippen molar-refractivity contribution >= 4 is 6.29 Å². The molecule has 0 saturated carbocycles. The average Bonchev–Trinajstić information content (AvgIpc) is 2.43. The smallest absolute Gasteiger partial charge is 0.165 e. The highest BCUT2D eigenvalue weighted by atomic mass is 19.1. The molecule has 2 nitrogen and oxygen atoms in total. The molecule has 3 heteroatoms. The molecule has 1 aromatic carbocycles. The van der Waals surface area contributed by atoms with E-state index in [2.05, 4.69) is 6.92 Å². The SMILES string of the molecule is CCCCCCCCCOc1ccc(C=O)cc1F. The van der Waals surface area contributed by atoms with E-state index >= 15 is 0 Å². The van der Waals surface area contributed by atoms with Gasteiger partial charge in [-0.3, -0.25) is 4.79 Å². The van der Waals surface area contributed by atoms with E-state index in [1.165, 1.54) is 44.2 Å². The Bertz CT molecular complexity index is 377. The van der Waals surface area contributed by atoms with E-state index in [0.717, 1.165) is 12.8 Å². The van der Waals surface area contributed by atoms with Gasteiger partial charge in [0.1, 0.15) is 6.29 Å². The zero-order valence-corrected chi connectivity index (χ0v) is 11.7. The standard InChI is InChI=1S/C16H23FO2/c1-2-3-4-5-6-7-8-11-19-16-10-9-14(13-18)12-15(16)17/h9-10,12-13H,2-8,11H2,1H3. The first kappa shape index (κ1) is 15.7. The van der Waals surface area contributed by atoms with E-state index in [9.17, 15) is 9.18 Å². The Hall–Kier alpha value is -1.38. The summed E-state index contributed by atoms with van der Waals surface area (Å²) in [5.74, 6) is -0.232. The third-order valence-electron chi connectivity index (χ3n) is 3.10. The number of rotatable bonds is 10. The molecule has 19 heavy (non-hydrogen) atoms. The topological polar surface area (TPSA) is 26.3 Å². The lowest BCUT2D eigenvalue weighted by Crippen LogP contribution is -1.99. The van der Waals surface area contributed by atoms with Crippen LogP contribution in [0.2, 0.25) is 0 Å². The Morgan fingerprint density at radius 1 is 1.11 bits per heavy atom. The van der Waals surface area contributed by atoms with Crippen molar-refractivity contribution < 1.29 is 13.9 Å². The van der Waals surface area contributed by atoms with Crippen LogP contribution >= 0.6 is 0 Å².